The van der Waals surface area contributed by atoms with Gasteiger partial charge in [-0.2, -0.15) is 0 Å². The SMILES string of the molecule is CCCCCCCCOc1cccc(OC(=O)[C@@H]2O[C@@H]2CCC)c1-c1ncccn1. The first kappa shape index (κ1) is 22.2. The quantitative estimate of drug-likeness (QED) is 0.191. The topological polar surface area (TPSA) is 73.8 Å². The van der Waals surface area contributed by atoms with Crippen molar-refractivity contribution in [3.63, 3.8) is 0 Å². The van der Waals surface area contributed by atoms with E-state index in [1.165, 1.54) is 25.7 Å². The molecule has 0 aliphatic carbocycles. The number of benzene rings is 1. The molecule has 2 aromatic rings. The van der Waals surface area contributed by atoms with E-state index in [1.807, 2.05) is 12.1 Å². The summed E-state index contributed by atoms with van der Waals surface area (Å²) in [6, 6.07) is 7.19. The fourth-order valence-electron chi connectivity index (χ4n) is 3.45. The van der Waals surface area contributed by atoms with Crippen LogP contribution in [0.3, 0.4) is 0 Å². The molecule has 0 bridgehead atoms. The molecule has 6 heteroatoms. The lowest BCUT2D eigenvalue weighted by Gasteiger charge is -2.14. The zero-order chi connectivity index (χ0) is 21.2. The first-order valence-corrected chi connectivity index (χ1v) is 11.1. The van der Waals surface area contributed by atoms with Crippen LogP contribution in [-0.2, 0) is 9.53 Å². The third kappa shape index (κ3) is 6.26. The van der Waals surface area contributed by atoms with Crippen LogP contribution in [0.4, 0.5) is 0 Å². The van der Waals surface area contributed by atoms with E-state index in [2.05, 4.69) is 23.8 Å². The Bertz CT molecular complexity index is 797. The van der Waals surface area contributed by atoms with Crippen molar-refractivity contribution in [3.8, 4) is 22.9 Å². The Balaban J connectivity index is 1.68. The Kier molecular flexibility index (Phi) is 8.63. The molecule has 30 heavy (non-hydrogen) atoms. The molecule has 0 radical (unpaired) electrons. The Hall–Kier alpha value is -2.47. The number of carbonyl (C=O) groups excluding carboxylic acids is 1. The molecule has 3 rings (SSSR count). The van der Waals surface area contributed by atoms with Crippen LogP contribution < -0.4 is 9.47 Å². The van der Waals surface area contributed by atoms with Crippen LogP contribution in [-0.4, -0.2) is 34.8 Å². The summed E-state index contributed by atoms with van der Waals surface area (Å²) >= 11 is 0. The van der Waals surface area contributed by atoms with E-state index in [1.54, 1.807) is 24.5 Å². The lowest BCUT2D eigenvalue weighted by molar-refractivity contribution is -0.135. The summed E-state index contributed by atoms with van der Waals surface area (Å²) in [6.45, 7) is 4.89. The van der Waals surface area contributed by atoms with Gasteiger partial charge in [0, 0.05) is 12.4 Å². The summed E-state index contributed by atoms with van der Waals surface area (Å²) in [7, 11) is 0. The van der Waals surface area contributed by atoms with Crippen molar-refractivity contribution >= 4 is 5.97 Å². The molecule has 2 heterocycles. The number of epoxide rings is 1. The normalized spacial score (nSPS) is 17.5. The molecule has 2 atom stereocenters. The average molecular weight is 413 g/mol. The van der Waals surface area contributed by atoms with E-state index in [9.17, 15) is 4.79 Å². The van der Waals surface area contributed by atoms with E-state index >= 15 is 0 Å². The number of hydrogen-bond acceptors (Lipinski definition) is 6. The van der Waals surface area contributed by atoms with Gasteiger partial charge in [0.15, 0.2) is 11.9 Å². The van der Waals surface area contributed by atoms with Crippen LogP contribution in [0.2, 0.25) is 0 Å². The number of rotatable bonds is 13. The summed E-state index contributed by atoms with van der Waals surface area (Å²) in [5, 5.41) is 0. The molecular formula is C24H32N2O4. The lowest BCUT2D eigenvalue weighted by atomic mass is 10.1. The minimum absolute atomic E-state index is 0.0360. The largest absolute Gasteiger partial charge is 0.493 e. The highest BCUT2D eigenvalue weighted by atomic mass is 16.6. The Morgan fingerprint density at radius 1 is 0.967 bits per heavy atom. The van der Waals surface area contributed by atoms with Gasteiger partial charge in [-0.25, -0.2) is 14.8 Å². The number of esters is 1. The highest BCUT2D eigenvalue weighted by Crippen LogP contribution is 2.38. The highest BCUT2D eigenvalue weighted by molar-refractivity contribution is 5.83. The van der Waals surface area contributed by atoms with Gasteiger partial charge in [0.05, 0.1) is 12.7 Å². The molecule has 0 amide bonds. The Labute approximate surface area is 179 Å². The number of aromatic nitrogens is 2. The van der Waals surface area contributed by atoms with Crippen molar-refractivity contribution in [2.75, 3.05) is 6.61 Å². The molecule has 0 saturated carbocycles. The Morgan fingerprint density at radius 2 is 1.70 bits per heavy atom. The molecule has 1 aromatic heterocycles. The lowest BCUT2D eigenvalue weighted by Crippen LogP contribution is -2.18. The van der Waals surface area contributed by atoms with E-state index in [-0.39, 0.29) is 12.1 Å². The second kappa shape index (κ2) is 11.6. The smallest absolute Gasteiger partial charge is 0.343 e. The zero-order valence-electron chi connectivity index (χ0n) is 18.0. The molecule has 0 unspecified atom stereocenters. The predicted octanol–water partition coefficient (Wildman–Crippen LogP) is 5.36. The highest BCUT2D eigenvalue weighted by Gasteiger charge is 2.46. The van der Waals surface area contributed by atoms with Gasteiger partial charge in [0.1, 0.15) is 17.1 Å². The molecule has 162 valence electrons. The van der Waals surface area contributed by atoms with Crippen molar-refractivity contribution in [2.24, 2.45) is 0 Å². The minimum atomic E-state index is -0.484. The zero-order valence-corrected chi connectivity index (χ0v) is 18.0. The van der Waals surface area contributed by atoms with Gasteiger partial charge in [-0.15, -0.1) is 0 Å². The number of unbranched alkanes of at least 4 members (excludes halogenated alkanes) is 5. The standard InChI is InChI=1S/C24H32N2O4/c1-3-5-6-7-8-9-17-28-18-13-10-14-19(21(18)23-25-15-11-16-26-23)30-24(27)22-20(29-22)12-4-2/h10-11,13-16,20,22H,3-9,12,17H2,1-2H3/t20-,22-/m1/s1. The summed E-state index contributed by atoms with van der Waals surface area (Å²) in [6.07, 6.45) is 11.8. The second-order valence-electron chi connectivity index (χ2n) is 7.62. The van der Waals surface area contributed by atoms with Crippen LogP contribution in [0.5, 0.6) is 11.5 Å². The van der Waals surface area contributed by atoms with E-state index < -0.39 is 6.10 Å². The molecule has 0 spiro atoms. The molecule has 1 saturated heterocycles. The van der Waals surface area contributed by atoms with Gasteiger partial charge in [0.25, 0.3) is 0 Å². The van der Waals surface area contributed by atoms with E-state index in [4.69, 9.17) is 14.2 Å². The van der Waals surface area contributed by atoms with Crippen LogP contribution in [0, 0.1) is 0 Å². The number of ether oxygens (including phenoxy) is 3. The second-order valence-corrected chi connectivity index (χ2v) is 7.62. The number of hydrogen-bond donors (Lipinski definition) is 0. The fraction of sp³-hybridized carbons (Fsp3) is 0.542. The number of carbonyl (C=O) groups is 1. The van der Waals surface area contributed by atoms with E-state index in [0.29, 0.717) is 29.5 Å². The van der Waals surface area contributed by atoms with Gasteiger partial charge in [-0.05, 0) is 31.0 Å². The maximum atomic E-state index is 12.5. The summed E-state index contributed by atoms with van der Waals surface area (Å²) < 4.78 is 17.2. The monoisotopic (exact) mass is 412 g/mol. The number of nitrogens with zero attached hydrogens (tertiary/aromatic N) is 2. The molecule has 1 aliphatic rings. The summed E-state index contributed by atoms with van der Waals surface area (Å²) in [4.78, 5) is 21.2. The van der Waals surface area contributed by atoms with Gasteiger partial charge in [0.2, 0.25) is 0 Å². The first-order valence-electron chi connectivity index (χ1n) is 11.1. The van der Waals surface area contributed by atoms with Gasteiger partial charge in [-0.1, -0.05) is 58.4 Å². The van der Waals surface area contributed by atoms with Crippen molar-refractivity contribution in [3.05, 3.63) is 36.7 Å². The molecule has 1 aliphatic heterocycles. The molecule has 1 fully saturated rings. The molecule has 0 N–H and O–H groups in total. The molecule has 1 aromatic carbocycles. The predicted molar refractivity (Wildman–Crippen MR) is 116 cm³/mol. The van der Waals surface area contributed by atoms with Crippen LogP contribution >= 0.6 is 0 Å². The van der Waals surface area contributed by atoms with Crippen molar-refractivity contribution in [1.82, 2.24) is 9.97 Å². The molecule has 6 nitrogen and oxygen atoms in total. The average Bonchev–Trinajstić information content (AvgIpc) is 3.54. The fourth-order valence-corrected chi connectivity index (χ4v) is 3.45. The van der Waals surface area contributed by atoms with Crippen LogP contribution in [0.15, 0.2) is 36.7 Å². The van der Waals surface area contributed by atoms with Gasteiger partial charge >= 0.3 is 5.97 Å². The maximum absolute atomic E-state index is 12.5. The first-order chi connectivity index (χ1) is 14.7. The third-order valence-electron chi connectivity index (χ3n) is 5.13. The van der Waals surface area contributed by atoms with Crippen molar-refractivity contribution in [1.29, 1.82) is 0 Å². The molecular weight excluding hydrogens is 380 g/mol. The van der Waals surface area contributed by atoms with Crippen molar-refractivity contribution < 1.29 is 19.0 Å². The summed E-state index contributed by atoms with van der Waals surface area (Å²) in [5.74, 6) is 1.12. The third-order valence-corrected chi connectivity index (χ3v) is 5.13. The van der Waals surface area contributed by atoms with Gasteiger partial charge < -0.3 is 14.2 Å². The van der Waals surface area contributed by atoms with Crippen LogP contribution in [0.25, 0.3) is 11.4 Å². The minimum Gasteiger partial charge on any atom is -0.493 e. The Morgan fingerprint density at radius 3 is 2.47 bits per heavy atom. The van der Waals surface area contributed by atoms with E-state index in [0.717, 1.165) is 25.7 Å². The van der Waals surface area contributed by atoms with Crippen LogP contribution in [0.1, 0.15) is 65.2 Å². The summed E-state index contributed by atoms with van der Waals surface area (Å²) in [5.41, 5.74) is 0.602. The maximum Gasteiger partial charge on any atom is 0.343 e. The van der Waals surface area contributed by atoms with Gasteiger partial charge in [-0.3, -0.25) is 0 Å². The van der Waals surface area contributed by atoms with Crippen molar-refractivity contribution in [2.45, 2.75) is 77.4 Å².